The van der Waals surface area contributed by atoms with Gasteiger partial charge in [0.2, 0.25) is 11.8 Å². The fourth-order valence-corrected chi connectivity index (χ4v) is 4.81. The Morgan fingerprint density at radius 2 is 1.66 bits per heavy atom. The van der Waals surface area contributed by atoms with E-state index in [9.17, 15) is 4.79 Å². The first-order valence-electron chi connectivity index (χ1n) is 12.5. The van der Waals surface area contributed by atoms with Crippen molar-refractivity contribution in [3.63, 3.8) is 0 Å². The molecule has 1 atom stereocenters. The number of carbonyl (C=O) groups is 1. The molecule has 2 aromatic carbocycles. The van der Waals surface area contributed by atoms with Crippen molar-refractivity contribution in [3.8, 4) is 34.6 Å². The van der Waals surface area contributed by atoms with Crippen LogP contribution in [0.4, 0.5) is 5.95 Å². The molecule has 0 fully saturated rings. The molecule has 3 heterocycles. The maximum atomic E-state index is 14.0. The van der Waals surface area contributed by atoms with Gasteiger partial charge in [-0.15, -0.1) is 5.10 Å². The summed E-state index contributed by atoms with van der Waals surface area (Å²) in [7, 11) is 6.27. The Labute approximate surface area is 244 Å². The number of fused-ring (bicyclic) bond motifs is 1. The molecular formula is C29H28BrN5O6. The zero-order valence-electron chi connectivity index (χ0n) is 23.1. The zero-order valence-corrected chi connectivity index (χ0v) is 24.7. The SMILES string of the molecule is COc1ccc(CNc2ncc(C(=O)C(C)(Br)c3ccc(OC)c(OC)c3)c3nc(-c4ccco4)nn23)cc1OC. The van der Waals surface area contributed by atoms with Gasteiger partial charge in [-0.25, -0.2) is 9.97 Å². The summed E-state index contributed by atoms with van der Waals surface area (Å²) < 4.78 is 27.4. The summed E-state index contributed by atoms with van der Waals surface area (Å²) in [5, 5.41) is 7.90. The highest BCUT2D eigenvalue weighted by atomic mass is 79.9. The number of methoxy groups -OCH3 is 4. The van der Waals surface area contributed by atoms with Crippen LogP contribution in [0.15, 0.2) is 65.4 Å². The normalized spacial score (nSPS) is 12.5. The number of benzene rings is 2. The predicted octanol–water partition coefficient (Wildman–Crippen LogP) is 5.52. The number of rotatable bonds is 11. The molecule has 1 unspecified atom stereocenters. The molecule has 5 rings (SSSR count). The van der Waals surface area contributed by atoms with E-state index in [0.29, 0.717) is 58.3 Å². The topological polar surface area (TPSA) is 122 Å². The van der Waals surface area contributed by atoms with Crippen LogP contribution in [0.5, 0.6) is 23.0 Å². The van der Waals surface area contributed by atoms with Crippen molar-refractivity contribution >= 4 is 33.3 Å². The summed E-state index contributed by atoms with van der Waals surface area (Å²) in [5.41, 5.74) is 2.17. The second-order valence-corrected chi connectivity index (χ2v) is 10.7. The standard InChI is InChI=1S/C29H28BrN5O6/c1-29(30,18-9-11-21(38-3)24(14-18)40-5)25(36)19-16-32-28(31-15-17-8-10-20(37-2)23(13-17)39-4)35-27(19)33-26(34-35)22-7-6-12-41-22/h6-14,16H,15H2,1-5H3,(H,31,32). The summed E-state index contributed by atoms with van der Waals surface area (Å²) in [4.78, 5) is 23.3. The van der Waals surface area contributed by atoms with Gasteiger partial charge in [0.15, 0.2) is 40.2 Å². The van der Waals surface area contributed by atoms with Gasteiger partial charge in [0.25, 0.3) is 0 Å². The van der Waals surface area contributed by atoms with Gasteiger partial charge in [0, 0.05) is 12.7 Å². The molecule has 212 valence electrons. The molecule has 41 heavy (non-hydrogen) atoms. The third-order valence-electron chi connectivity index (χ3n) is 6.60. The number of Topliss-reactive ketones (excluding diaryl/α,β-unsaturated/α-hetero) is 1. The van der Waals surface area contributed by atoms with E-state index in [0.717, 1.165) is 5.56 Å². The molecule has 1 N–H and O–H groups in total. The van der Waals surface area contributed by atoms with Gasteiger partial charge in [-0.1, -0.05) is 28.1 Å². The van der Waals surface area contributed by atoms with Crippen LogP contribution in [-0.4, -0.2) is 53.8 Å². The van der Waals surface area contributed by atoms with Gasteiger partial charge in [-0.05, 0) is 54.4 Å². The van der Waals surface area contributed by atoms with E-state index in [1.807, 2.05) is 18.2 Å². The summed E-state index contributed by atoms with van der Waals surface area (Å²) in [6, 6.07) is 14.4. The molecule has 5 aromatic rings. The van der Waals surface area contributed by atoms with Crippen LogP contribution in [0, 0.1) is 0 Å². The maximum absolute atomic E-state index is 14.0. The van der Waals surface area contributed by atoms with Crippen LogP contribution in [0.25, 0.3) is 17.2 Å². The van der Waals surface area contributed by atoms with E-state index < -0.39 is 4.32 Å². The third-order valence-corrected chi connectivity index (χ3v) is 7.42. The van der Waals surface area contributed by atoms with Crippen molar-refractivity contribution < 1.29 is 28.2 Å². The van der Waals surface area contributed by atoms with E-state index in [2.05, 4.69) is 36.3 Å². The number of nitrogens with one attached hydrogen (secondary N) is 1. The van der Waals surface area contributed by atoms with Crippen molar-refractivity contribution in [2.75, 3.05) is 33.8 Å². The molecule has 3 aromatic heterocycles. The first kappa shape index (κ1) is 28.0. The number of halogens is 1. The van der Waals surface area contributed by atoms with Crippen molar-refractivity contribution in [2.24, 2.45) is 0 Å². The van der Waals surface area contributed by atoms with Crippen molar-refractivity contribution in [1.82, 2.24) is 19.6 Å². The molecule has 0 bridgehead atoms. The van der Waals surface area contributed by atoms with E-state index in [4.69, 9.17) is 23.4 Å². The highest BCUT2D eigenvalue weighted by molar-refractivity contribution is 9.10. The molecule has 0 aliphatic rings. The summed E-state index contributed by atoms with van der Waals surface area (Å²) in [6.45, 7) is 2.16. The Bertz CT molecular complexity index is 1700. The van der Waals surface area contributed by atoms with Crippen LogP contribution in [0.2, 0.25) is 0 Å². The van der Waals surface area contributed by atoms with E-state index in [-0.39, 0.29) is 11.3 Å². The largest absolute Gasteiger partial charge is 0.493 e. The van der Waals surface area contributed by atoms with Crippen LogP contribution in [-0.2, 0) is 10.9 Å². The first-order valence-corrected chi connectivity index (χ1v) is 13.3. The number of hydrogen-bond donors (Lipinski definition) is 1. The van der Waals surface area contributed by atoms with Gasteiger partial charge in [0.05, 0.1) is 40.3 Å². The number of hydrogen-bond acceptors (Lipinski definition) is 10. The molecule has 0 aliphatic heterocycles. The minimum Gasteiger partial charge on any atom is -0.493 e. The van der Waals surface area contributed by atoms with Crippen molar-refractivity contribution in [3.05, 3.63) is 77.7 Å². The average molecular weight is 622 g/mol. The monoisotopic (exact) mass is 621 g/mol. The lowest BCUT2D eigenvalue weighted by Gasteiger charge is -2.23. The third kappa shape index (κ3) is 5.30. The van der Waals surface area contributed by atoms with Gasteiger partial charge in [0.1, 0.15) is 4.32 Å². The van der Waals surface area contributed by atoms with E-state index >= 15 is 0 Å². The lowest BCUT2D eigenvalue weighted by Crippen LogP contribution is -2.27. The van der Waals surface area contributed by atoms with Crippen LogP contribution in [0.1, 0.15) is 28.4 Å². The minimum atomic E-state index is -1.14. The Balaban J connectivity index is 1.54. The molecule has 0 spiro atoms. The number of nitrogens with zero attached hydrogens (tertiary/aromatic N) is 4. The number of ether oxygens (including phenoxy) is 4. The highest BCUT2D eigenvalue weighted by Gasteiger charge is 2.36. The van der Waals surface area contributed by atoms with Crippen LogP contribution >= 0.6 is 15.9 Å². The smallest absolute Gasteiger partial charge is 0.226 e. The number of alkyl halides is 1. The van der Waals surface area contributed by atoms with E-state index in [1.165, 1.54) is 17.0 Å². The maximum Gasteiger partial charge on any atom is 0.226 e. The zero-order chi connectivity index (χ0) is 29.1. The first-order chi connectivity index (χ1) is 19.8. The van der Waals surface area contributed by atoms with E-state index in [1.54, 1.807) is 65.7 Å². The molecule has 11 nitrogen and oxygen atoms in total. The number of aromatic nitrogens is 4. The second-order valence-electron chi connectivity index (χ2n) is 9.09. The van der Waals surface area contributed by atoms with Gasteiger partial charge in [-0.3, -0.25) is 4.79 Å². The van der Waals surface area contributed by atoms with Crippen molar-refractivity contribution in [1.29, 1.82) is 0 Å². The lowest BCUT2D eigenvalue weighted by molar-refractivity contribution is 0.0954. The number of furan rings is 1. The minimum absolute atomic E-state index is 0.265. The van der Waals surface area contributed by atoms with Gasteiger partial charge < -0.3 is 28.7 Å². The molecule has 0 aliphatic carbocycles. The molecule has 0 amide bonds. The summed E-state index contributed by atoms with van der Waals surface area (Å²) in [6.07, 6.45) is 3.03. The average Bonchev–Trinajstić information content (AvgIpc) is 3.70. The predicted molar refractivity (Wildman–Crippen MR) is 156 cm³/mol. The molecule has 0 saturated carbocycles. The number of anilines is 1. The van der Waals surface area contributed by atoms with Gasteiger partial charge >= 0.3 is 0 Å². The molecular weight excluding hydrogens is 594 g/mol. The molecule has 0 saturated heterocycles. The fraction of sp³-hybridized carbons (Fsp3) is 0.241. The lowest BCUT2D eigenvalue weighted by atomic mass is 9.92. The quantitative estimate of drug-likeness (QED) is 0.149. The Morgan fingerprint density at radius 3 is 2.32 bits per heavy atom. The Kier molecular flexibility index (Phi) is 7.84. The fourth-order valence-electron chi connectivity index (χ4n) is 4.35. The number of ketones is 1. The number of carbonyl (C=O) groups excluding carboxylic acids is 1. The highest BCUT2D eigenvalue weighted by Crippen LogP contribution is 2.40. The Hall–Kier alpha value is -4.58. The summed E-state index contributed by atoms with van der Waals surface area (Å²) in [5.74, 6) is 3.19. The molecule has 0 radical (unpaired) electrons. The van der Waals surface area contributed by atoms with Crippen LogP contribution in [0.3, 0.4) is 0 Å². The summed E-state index contributed by atoms with van der Waals surface area (Å²) >= 11 is 3.65. The second kappa shape index (κ2) is 11.5. The Morgan fingerprint density at radius 1 is 0.976 bits per heavy atom. The van der Waals surface area contributed by atoms with Crippen molar-refractivity contribution in [2.45, 2.75) is 17.8 Å². The molecule has 12 heteroatoms. The van der Waals surface area contributed by atoms with Gasteiger partial charge in [-0.2, -0.15) is 4.52 Å². The van der Waals surface area contributed by atoms with Crippen LogP contribution < -0.4 is 24.3 Å².